The number of fused-ring (bicyclic) bond motifs is 1. The minimum atomic E-state index is -0.680. The number of thioether (sulfide) groups is 1. The zero-order valence-electron chi connectivity index (χ0n) is 17.5. The topological polar surface area (TPSA) is 95.7 Å². The normalized spacial score (nSPS) is 14.5. The maximum atomic E-state index is 12.7. The van der Waals surface area contributed by atoms with E-state index < -0.39 is 16.4 Å². The average molecular weight is 470 g/mol. The summed E-state index contributed by atoms with van der Waals surface area (Å²) in [6.07, 6.45) is 3.02. The molecule has 1 atom stereocenters. The van der Waals surface area contributed by atoms with Gasteiger partial charge in [0.15, 0.2) is 5.75 Å². The van der Waals surface area contributed by atoms with Crippen LogP contribution in [0, 0.1) is 10.1 Å². The van der Waals surface area contributed by atoms with Crippen LogP contribution in [0.25, 0.3) is 0 Å². The molecular formula is C23H23N3O4S2. The third-order valence-corrected chi connectivity index (χ3v) is 7.44. The number of hydrogen-bond donors (Lipinski definition) is 2. The number of rotatable bonds is 7. The van der Waals surface area contributed by atoms with Crippen LogP contribution in [0.5, 0.6) is 5.75 Å². The van der Waals surface area contributed by atoms with Crippen LogP contribution in [-0.2, 0) is 13.0 Å². The maximum Gasteiger partial charge on any atom is 0.310 e. The molecule has 1 amide bonds. The Morgan fingerprint density at radius 2 is 2.06 bits per heavy atom. The number of benzene rings is 2. The Morgan fingerprint density at radius 3 is 2.75 bits per heavy atom. The molecular weight excluding hydrogens is 446 g/mol. The molecule has 9 heteroatoms. The molecule has 3 aromatic rings. The summed E-state index contributed by atoms with van der Waals surface area (Å²) < 4.78 is 0. The van der Waals surface area contributed by atoms with Crippen molar-refractivity contribution in [2.45, 2.75) is 23.9 Å². The zero-order valence-corrected chi connectivity index (χ0v) is 19.1. The van der Waals surface area contributed by atoms with Gasteiger partial charge >= 0.3 is 5.69 Å². The lowest BCUT2D eigenvalue weighted by Gasteiger charge is -2.35. The van der Waals surface area contributed by atoms with E-state index in [2.05, 4.69) is 45.9 Å². The Hall–Kier alpha value is -2.88. The van der Waals surface area contributed by atoms with Crippen molar-refractivity contribution in [1.82, 2.24) is 10.2 Å². The Bertz CT molecular complexity index is 1130. The van der Waals surface area contributed by atoms with E-state index in [-0.39, 0.29) is 17.5 Å². The van der Waals surface area contributed by atoms with Crippen LogP contribution in [-0.4, -0.2) is 40.2 Å². The highest BCUT2D eigenvalue weighted by molar-refractivity contribution is 7.98. The quantitative estimate of drug-likeness (QED) is 0.298. The first-order valence-corrected chi connectivity index (χ1v) is 12.3. The lowest BCUT2D eigenvalue weighted by atomic mass is 10.0. The van der Waals surface area contributed by atoms with Crippen LogP contribution in [0.15, 0.2) is 58.8 Å². The molecule has 7 nitrogen and oxygen atoms in total. The Labute approximate surface area is 194 Å². The molecule has 1 aliphatic heterocycles. The number of phenolic OH excluding ortho intramolecular Hbond substituents is 1. The SMILES string of the molecule is CSc1ccc(C(CNC(=O)c2ccc([N+](=O)[O-])c(O)c2)N2CCc3sccc3C2)cc1. The summed E-state index contributed by atoms with van der Waals surface area (Å²) >= 11 is 3.47. The highest BCUT2D eigenvalue weighted by Gasteiger charge is 2.26. The van der Waals surface area contributed by atoms with E-state index in [4.69, 9.17) is 0 Å². The summed E-state index contributed by atoms with van der Waals surface area (Å²) in [6, 6.07) is 14.2. The summed E-state index contributed by atoms with van der Waals surface area (Å²) in [4.78, 5) is 27.9. The van der Waals surface area contributed by atoms with Crippen molar-refractivity contribution in [2.75, 3.05) is 19.3 Å². The number of thiophene rings is 1. The number of nitrogens with zero attached hydrogens (tertiary/aromatic N) is 2. The summed E-state index contributed by atoms with van der Waals surface area (Å²) in [5, 5.41) is 25.8. The first kappa shape index (κ1) is 22.3. The highest BCUT2D eigenvalue weighted by Crippen LogP contribution is 2.31. The summed E-state index contributed by atoms with van der Waals surface area (Å²) in [7, 11) is 0. The van der Waals surface area contributed by atoms with Gasteiger partial charge in [-0.2, -0.15) is 0 Å². The molecule has 0 aliphatic carbocycles. The van der Waals surface area contributed by atoms with Gasteiger partial charge in [0, 0.05) is 41.0 Å². The van der Waals surface area contributed by atoms with Crippen molar-refractivity contribution < 1.29 is 14.8 Å². The van der Waals surface area contributed by atoms with Gasteiger partial charge in [-0.15, -0.1) is 23.1 Å². The van der Waals surface area contributed by atoms with E-state index in [1.165, 1.54) is 21.4 Å². The van der Waals surface area contributed by atoms with Gasteiger partial charge in [0.05, 0.1) is 11.0 Å². The zero-order chi connectivity index (χ0) is 22.7. The maximum absolute atomic E-state index is 12.7. The number of carbonyl (C=O) groups excluding carboxylic acids is 1. The van der Waals surface area contributed by atoms with E-state index in [0.717, 1.165) is 37.2 Å². The molecule has 32 heavy (non-hydrogen) atoms. The van der Waals surface area contributed by atoms with Crippen molar-refractivity contribution in [2.24, 2.45) is 0 Å². The molecule has 4 rings (SSSR count). The molecule has 0 radical (unpaired) electrons. The third kappa shape index (κ3) is 4.79. The number of nitro groups is 1. The van der Waals surface area contributed by atoms with Gasteiger partial charge in [-0.3, -0.25) is 19.8 Å². The van der Waals surface area contributed by atoms with Gasteiger partial charge in [-0.25, -0.2) is 0 Å². The minimum absolute atomic E-state index is 0.0189. The van der Waals surface area contributed by atoms with Crippen LogP contribution >= 0.6 is 23.1 Å². The summed E-state index contributed by atoms with van der Waals surface area (Å²) in [5.74, 6) is -0.901. The predicted octanol–water partition coefficient (Wildman–Crippen LogP) is 4.61. The molecule has 2 heterocycles. The first-order valence-electron chi connectivity index (χ1n) is 10.1. The number of aromatic hydroxyl groups is 1. The number of carbonyl (C=O) groups is 1. The Morgan fingerprint density at radius 1 is 1.28 bits per heavy atom. The summed E-state index contributed by atoms with van der Waals surface area (Å²) in [5.41, 5.74) is 2.21. The Balaban J connectivity index is 1.53. The molecule has 0 spiro atoms. The fraction of sp³-hybridized carbons (Fsp3) is 0.261. The fourth-order valence-electron chi connectivity index (χ4n) is 3.93. The molecule has 0 saturated heterocycles. The highest BCUT2D eigenvalue weighted by atomic mass is 32.2. The first-order chi connectivity index (χ1) is 15.5. The number of nitrogens with one attached hydrogen (secondary N) is 1. The molecule has 1 aliphatic rings. The van der Waals surface area contributed by atoms with Crippen LogP contribution in [0.3, 0.4) is 0 Å². The molecule has 0 bridgehead atoms. The van der Waals surface area contributed by atoms with E-state index in [1.807, 2.05) is 6.26 Å². The van der Waals surface area contributed by atoms with Crippen molar-refractivity contribution in [3.63, 3.8) is 0 Å². The molecule has 2 aromatic carbocycles. The van der Waals surface area contributed by atoms with Crippen molar-refractivity contribution in [3.8, 4) is 5.75 Å². The second kappa shape index (κ2) is 9.72. The van der Waals surface area contributed by atoms with Crippen LogP contribution in [0.2, 0.25) is 0 Å². The van der Waals surface area contributed by atoms with E-state index in [1.54, 1.807) is 23.1 Å². The van der Waals surface area contributed by atoms with Gasteiger partial charge < -0.3 is 10.4 Å². The van der Waals surface area contributed by atoms with E-state index in [9.17, 15) is 20.0 Å². The second-order valence-corrected chi connectivity index (χ2v) is 9.43. The van der Waals surface area contributed by atoms with Crippen LogP contribution < -0.4 is 5.32 Å². The number of nitro benzene ring substituents is 1. The summed E-state index contributed by atoms with van der Waals surface area (Å²) in [6.45, 7) is 2.10. The van der Waals surface area contributed by atoms with Gasteiger partial charge in [0.2, 0.25) is 0 Å². The van der Waals surface area contributed by atoms with Crippen molar-refractivity contribution >= 4 is 34.7 Å². The molecule has 166 valence electrons. The Kier molecular flexibility index (Phi) is 6.78. The minimum Gasteiger partial charge on any atom is -0.502 e. The van der Waals surface area contributed by atoms with Gasteiger partial charge in [-0.05, 0) is 59.5 Å². The average Bonchev–Trinajstić information content (AvgIpc) is 3.27. The largest absolute Gasteiger partial charge is 0.502 e. The number of amides is 1. The van der Waals surface area contributed by atoms with E-state index in [0.29, 0.717) is 6.54 Å². The fourth-order valence-corrected chi connectivity index (χ4v) is 5.23. The smallest absolute Gasteiger partial charge is 0.310 e. The van der Waals surface area contributed by atoms with Gasteiger partial charge in [0.1, 0.15) is 0 Å². The van der Waals surface area contributed by atoms with Crippen LogP contribution in [0.4, 0.5) is 5.69 Å². The third-order valence-electron chi connectivity index (χ3n) is 5.67. The van der Waals surface area contributed by atoms with Crippen LogP contribution in [0.1, 0.15) is 32.4 Å². The lowest BCUT2D eigenvalue weighted by Crippen LogP contribution is -2.40. The van der Waals surface area contributed by atoms with Gasteiger partial charge in [0.25, 0.3) is 5.91 Å². The monoisotopic (exact) mass is 469 g/mol. The van der Waals surface area contributed by atoms with Crippen molar-refractivity contribution in [3.05, 3.63) is 85.6 Å². The molecule has 0 fully saturated rings. The molecule has 1 unspecified atom stereocenters. The molecule has 2 N–H and O–H groups in total. The lowest BCUT2D eigenvalue weighted by molar-refractivity contribution is -0.385. The predicted molar refractivity (Wildman–Crippen MR) is 126 cm³/mol. The molecule has 1 aromatic heterocycles. The van der Waals surface area contributed by atoms with Crippen molar-refractivity contribution in [1.29, 1.82) is 0 Å². The number of hydrogen-bond acceptors (Lipinski definition) is 7. The molecule has 0 saturated carbocycles. The standard InChI is InChI=1S/C23H23N3O4S2/c1-31-18-5-2-15(3-6-18)20(25-10-8-22-17(14-25)9-11-32-22)13-24-23(28)16-4-7-19(26(29)30)21(27)12-16/h2-7,9,11-12,20,27H,8,10,13-14H2,1H3,(H,24,28). The van der Waals surface area contributed by atoms with E-state index >= 15 is 0 Å². The number of phenols is 1. The van der Waals surface area contributed by atoms with Gasteiger partial charge in [-0.1, -0.05) is 12.1 Å². The second-order valence-electron chi connectivity index (χ2n) is 7.55.